The number of hydrogen-bond donors (Lipinski definition) is 1. The van der Waals surface area contributed by atoms with Crippen molar-refractivity contribution in [3.63, 3.8) is 0 Å². The number of hydrogen-bond acceptors (Lipinski definition) is 10. The minimum atomic E-state index is -1.91. The number of amides is 1. The largest absolute Gasteiger partial charge is 0.497 e. The summed E-state index contributed by atoms with van der Waals surface area (Å²) in [5.41, 5.74) is 2.05. The second-order valence-electron chi connectivity index (χ2n) is 13.4. The van der Waals surface area contributed by atoms with Gasteiger partial charge in [0.05, 0.1) is 32.7 Å². The van der Waals surface area contributed by atoms with Crippen LogP contribution >= 0.6 is 0 Å². The smallest absolute Gasteiger partial charge is 0.338 e. The summed E-state index contributed by atoms with van der Waals surface area (Å²) in [5.74, 6) is 0.288. The van der Waals surface area contributed by atoms with Crippen LogP contribution in [0.1, 0.15) is 43.6 Å². The van der Waals surface area contributed by atoms with Gasteiger partial charge < -0.3 is 29.0 Å². The second-order valence-corrected chi connectivity index (χ2v) is 13.4. The lowest BCUT2D eigenvalue weighted by Gasteiger charge is -2.37. The minimum absolute atomic E-state index is 0.129. The summed E-state index contributed by atoms with van der Waals surface area (Å²) in [6.45, 7) is -0.239. The molecule has 7 aromatic rings. The maximum Gasteiger partial charge on any atom is 0.338 e. The van der Waals surface area contributed by atoms with Crippen LogP contribution < -0.4 is 14.8 Å². The van der Waals surface area contributed by atoms with E-state index in [-0.39, 0.29) is 29.2 Å². The summed E-state index contributed by atoms with van der Waals surface area (Å²) in [5, 5.41) is 2.77. The van der Waals surface area contributed by atoms with E-state index in [2.05, 4.69) is 20.3 Å². The lowest BCUT2D eigenvalue weighted by atomic mass is 9.80. The summed E-state index contributed by atoms with van der Waals surface area (Å²) >= 11 is 0. The maximum atomic E-state index is 17.1. The lowest BCUT2D eigenvalue weighted by Crippen LogP contribution is -2.41. The van der Waals surface area contributed by atoms with E-state index >= 15 is 4.39 Å². The maximum absolute atomic E-state index is 17.1. The van der Waals surface area contributed by atoms with Gasteiger partial charge in [-0.2, -0.15) is 0 Å². The van der Waals surface area contributed by atoms with Gasteiger partial charge in [-0.3, -0.25) is 9.36 Å². The van der Waals surface area contributed by atoms with Gasteiger partial charge >= 0.3 is 5.97 Å². The number of ether oxygens (including phenoxy) is 5. The fraction of sp³-hybridized carbons (Fsp3) is 0.178. The van der Waals surface area contributed by atoms with Crippen LogP contribution in [0.4, 0.5) is 10.2 Å². The van der Waals surface area contributed by atoms with Crippen LogP contribution in [0.15, 0.2) is 152 Å². The number of nitrogens with zero attached hydrogens (tertiary/aromatic N) is 4. The Kier molecular flexibility index (Phi) is 10.9. The molecule has 1 fully saturated rings. The quantitative estimate of drug-likeness (QED) is 0.0923. The van der Waals surface area contributed by atoms with E-state index in [0.29, 0.717) is 17.1 Å². The Morgan fingerprint density at radius 3 is 1.86 bits per heavy atom. The first-order valence-corrected chi connectivity index (χ1v) is 18.5. The molecule has 5 aromatic carbocycles. The molecule has 8 rings (SSSR count). The predicted molar refractivity (Wildman–Crippen MR) is 212 cm³/mol. The number of benzene rings is 5. The third-order valence-electron chi connectivity index (χ3n) is 10.1. The number of rotatable bonds is 13. The summed E-state index contributed by atoms with van der Waals surface area (Å²) in [6.07, 6.45) is -3.25. The van der Waals surface area contributed by atoms with Crippen molar-refractivity contribution in [2.75, 3.05) is 26.1 Å². The second kappa shape index (κ2) is 16.6. The van der Waals surface area contributed by atoms with E-state index < -0.39 is 42.1 Å². The molecule has 0 spiro atoms. The molecule has 13 heteroatoms. The first kappa shape index (κ1) is 37.9. The fourth-order valence-corrected chi connectivity index (χ4v) is 7.14. The third-order valence-corrected chi connectivity index (χ3v) is 10.1. The molecule has 0 radical (unpaired) electrons. The molecule has 0 aliphatic carbocycles. The van der Waals surface area contributed by atoms with Crippen molar-refractivity contribution in [1.82, 2.24) is 19.5 Å². The Balaban J connectivity index is 1.18. The lowest BCUT2D eigenvalue weighted by molar-refractivity contribution is -0.0957. The predicted octanol–water partition coefficient (Wildman–Crippen LogP) is 7.57. The molecule has 292 valence electrons. The summed E-state index contributed by atoms with van der Waals surface area (Å²) in [6, 6.07) is 41.6. The number of nitrogens with one attached hydrogen (secondary N) is 1. The van der Waals surface area contributed by atoms with Crippen molar-refractivity contribution < 1.29 is 37.7 Å². The Morgan fingerprint density at radius 2 is 1.28 bits per heavy atom. The molecule has 0 bridgehead atoms. The van der Waals surface area contributed by atoms with Gasteiger partial charge in [0.2, 0.25) is 0 Å². The van der Waals surface area contributed by atoms with Gasteiger partial charge in [-0.25, -0.2) is 24.1 Å². The standard InChI is InChI=1S/C45H38FN5O7/c1-54-34-22-18-32(19-23-34)45(31-16-10-5-11-17-31,33-20-24-35(55-2)25-21-33)56-26-36-39(58-44(53)30-14-8-4-9-15-30)37(46)43(57-36)51-28-49-38-40(47-27-48-41(38)51)50-42(52)29-12-6-3-7-13-29/h3-25,27-28,36-37,39,43H,26H2,1-2H3,(H,47,48,50,52)/t36-,37+,39-,43-/m1/s1. The van der Waals surface area contributed by atoms with Gasteiger partial charge in [0, 0.05) is 5.56 Å². The average Bonchev–Trinajstić information content (AvgIpc) is 3.85. The number of alkyl halides is 1. The zero-order chi connectivity index (χ0) is 40.1. The first-order chi connectivity index (χ1) is 28.4. The monoisotopic (exact) mass is 779 g/mol. The number of carbonyl (C=O) groups is 2. The van der Waals surface area contributed by atoms with Crippen LogP contribution in [-0.4, -0.2) is 70.6 Å². The number of esters is 1. The van der Waals surface area contributed by atoms with Crippen LogP contribution in [0.2, 0.25) is 0 Å². The van der Waals surface area contributed by atoms with Gasteiger partial charge in [0.15, 0.2) is 35.5 Å². The molecule has 1 amide bonds. The van der Waals surface area contributed by atoms with Crippen molar-refractivity contribution in [1.29, 1.82) is 0 Å². The summed E-state index contributed by atoms with van der Waals surface area (Å²) < 4.78 is 49.0. The van der Waals surface area contributed by atoms with Crippen molar-refractivity contribution in [2.24, 2.45) is 0 Å². The molecular formula is C45H38FN5O7. The van der Waals surface area contributed by atoms with E-state index in [0.717, 1.165) is 16.7 Å². The zero-order valence-corrected chi connectivity index (χ0v) is 31.5. The van der Waals surface area contributed by atoms with Crippen LogP contribution in [0.3, 0.4) is 0 Å². The SMILES string of the molecule is COc1ccc(C(OC[C@H]2O[C@@H](n3cnc4c(NC(=O)c5ccccc5)ncnc43)[C@@H](F)[C@@H]2OC(=O)c2ccccc2)(c2ccccc2)c2ccc(OC)cc2)cc1. The number of carbonyl (C=O) groups excluding carboxylic acids is 2. The number of aromatic nitrogens is 4. The number of halogens is 1. The molecule has 1 saturated heterocycles. The van der Waals surface area contributed by atoms with E-state index in [4.69, 9.17) is 23.7 Å². The number of fused-ring (bicyclic) bond motifs is 1. The van der Waals surface area contributed by atoms with Gasteiger partial charge in [0.1, 0.15) is 29.5 Å². The highest BCUT2D eigenvalue weighted by Gasteiger charge is 2.51. The van der Waals surface area contributed by atoms with E-state index in [1.165, 1.54) is 17.2 Å². The zero-order valence-electron chi connectivity index (χ0n) is 31.5. The van der Waals surface area contributed by atoms with Crippen molar-refractivity contribution in [3.8, 4) is 11.5 Å². The Morgan fingerprint density at radius 1 is 0.724 bits per heavy atom. The Labute approximate surface area is 333 Å². The molecule has 1 aliphatic rings. The molecule has 1 aliphatic heterocycles. The molecule has 2 aromatic heterocycles. The first-order valence-electron chi connectivity index (χ1n) is 18.5. The molecule has 0 unspecified atom stereocenters. The van der Waals surface area contributed by atoms with Gasteiger partial charge in [-0.1, -0.05) is 91.0 Å². The van der Waals surface area contributed by atoms with Crippen LogP contribution in [0.25, 0.3) is 11.2 Å². The molecule has 58 heavy (non-hydrogen) atoms. The third kappa shape index (κ3) is 7.36. The van der Waals surface area contributed by atoms with Crippen LogP contribution in [-0.2, 0) is 19.8 Å². The molecule has 0 saturated carbocycles. The highest BCUT2D eigenvalue weighted by Crippen LogP contribution is 2.44. The summed E-state index contributed by atoms with van der Waals surface area (Å²) in [7, 11) is 3.18. The summed E-state index contributed by atoms with van der Waals surface area (Å²) in [4.78, 5) is 39.7. The number of anilines is 1. The molecular weight excluding hydrogens is 742 g/mol. The molecule has 1 N–H and O–H groups in total. The van der Waals surface area contributed by atoms with E-state index in [1.54, 1.807) is 74.9 Å². The molecule has 12 nitrogen and oxygen atoms in total. The van der Waals surface area contributed by atoms with Crippen molar-refractivity contribution >= 4 is 28.9 Å². The molecule has 3 heterocycles. The topological polar surface area (TPSA) is 136 Å². The Bertz CT molecular complexity index is 2440. The Hall–Kier alpha value is -6.96. The van der Waals surface area contributed by atoms with Crippen molar-refractivity contribution in [2.45, 2.75) is 30.2 Å². The highest BCUT2D eigenvalue weighted by atomic mass is 19.1. The normalized spacial score (nSPS) is 17.8. The average molecular weight is 780 g/mol. The molecule has 4 atom stereocenters. The van der Waals surface area contributed by atoms with Gasteiger partial charge in [0.25, 0.3) is 5.91 Å². The van der Waals surface area contributed by atoms with E-state index in [1.807, 2.05) is 78.9 Å². The number of imidazole rings is 1. The van der Waals surface area contributed by atoms with E-state index in [9.17, 15) is 9.59 Å². The fourth-order valence-electron chi connectivity index (χ4n) is 7.14. The van der Waals surface area contributed by atoms with Crippen molar-refractivity contribution in [3.05, 3.63) is 180 Å². The van der Waals surface area contributed by atoms with Gasteiger partial charge in [-0.05, 0) is 65.2 Å². The van der Waals surface area contributed by atoms with Crippen LogP contribution in [0, 0.1) is 0 Å². The van der Waals surface area contributed by atoms with Crippen LogP contribution in [0.5, 0.6) is 11.5 Å². The number of methoxy groups -OCH3 is 2. The minimum Gasteiger partial charge on any atom is -0.497 e. The van der Waals surface area contributed by atoms with Gasteiger partial charge in [-0.15, -0.1) is 0 Å². The highest BCUT2D eigenvalue weighted by molar-refractivity contribution is 6.06.